The van der Waals surface area contributed by atoms with E-state index in [1.807, 2.05) is 51.1 Å². The molecule has 0 radical (unpaired) electrons. The molecule has 1 aromatic heterocycles. The van der Waals surface area contributed by atoms with Gasteiger partial charge in [0.25, 0.3) is 5.56 Å². The molecule has 0 saturated carbocycles. The summed E-state index contributed by atoms with van der Waals surface area (Å²) in [5, 5.41) is 5.02. The average molecular weight is 472 g/mol. The van der Waals surface area contributed by atoms with E-state index in [-0.39, 0.29) is 17.6 Å². The lowest BCUT2D eigenvalue weighted by Crippen LogP contribution is -2.23. The van der Waals surface area contributed by atoms with Gasteiger partial charge in [-0.25, -0.2) is 4.98 Å². The molecule has 158 valence electrons. The third kappa shape index (κ3) is 4.56. The fourth-order valence-corrected chi connectivity index (χ4v) is 3.34. The first-order chi connectivity index (χ1) is 14.3. The lowest BCUT2D eigenvalue weighted by Gasteiger charge is -2.17. The highest BCUT2D eigenvalue weighted by molar-refractivity contribution is 9.10. The lowest BCUT2D eigenvalue weighted by molar-refractivity contribution is 0.207. The minimum Gasteiger partial charge on any atom is -0.493 e. The van der Waals surface area contributed by atoms with Crippen LogP contribution in [-0.4, -0.2) is 29.1 Å². The number of nitrogens with zero attached hydrogens (tertiary/aromatic N) is 3. The lowest BCUT2D eigenvalue weighted by atomic mass is 10.2. The van der Waals surface area contributed by atoms with Crippen LogP contribution in [0.1, 0.15) is 51.4 Å². The Bertz CT molecular complexity index is 1140. The SMILES string of the molecule is CC[C@@H](C)Oc1c(C=Nn2c(C(C)C)nc3ccc(Br)cc3c2=O)cccc1OC. The molecule has 0 spiro atoms. The molecule has 6 nitrogen and oxygen atoms in total. The van der Waals surface area contributed by atoms with Crippen molar-refractivity contribution in [3.63, 3.8) is 0 Å². The summed E-state index contributed by atoms with van der Waals surface area (Å²) in [7, 11) is 1.60. The molecule has 0 bridgehead atoms. The quantitative estimate of drug-likeness (QED) is 0.435. The summed E-state index contributed by atoms with van der Waals surface area (Å²) in [6.45, 7) is 8.03. The largest absolute Gasteiger partial charge is 0.493 e. The van der Waals surface area contributed by atoms with Crippen LogP contribution in [0.2, 0.25) is 0 Å². The number of benzene rings is 2. The molecule has 0 saturated heterocycles. The number of ether oxygens (including phenoxy) is 2. The Kier molecular flexibility index (Phi) is 6.92. The molecule has 1 heterocycles. The van der Waals surface area contributed by atoms with Gasteiger partial charge in [0.05, 0.1) is 30.3 Å². The van der Waals surface area contributed by atoms with Gasteiger partial charge in [-0.1, -0.05) is 42.8 Å². The predicted octanol–water partition coefficient (Wildman–Crippen LogP) is 5.35. The summed E-state index contributed by atoms with van der Waals surface area (Å²) >= 11 is 3.42. The summed E-state index contributed by atoms with van der Waals surface area (Å²) in [5.74, 6) is 1.84. The number of hydrogen-bond acceptors (Lipinski definition) is 5. The minimum absolute atomic E-state index is 0.0158. The Morgan fingerprint density at radius 1 is 1.23 bits per heavy atom. The van der Waals surface area contributed by atoms with E-state index in [1.54, 1.807) is 19.4 Å². The molecule has 7 heteroatoms. The zero-order valence-corrected chi connectivity index (χ0v) is 19.4. The third-order valence-corrected chi connectivity index (χ3v) is 5.28. The normalized spacial score (nSPS) is 12.6. The Labute approximate surface area is 184 Å². The molecule has 0 aliphatic heterocycles. The number of aromatic nitrogens is 2. The number of halogens is 1. The first-order valence-electron chi connectivity index (χ1n) is 9.95. The van der Waals surface area contributed by atoms with Gasteiger partial charge in [-0.2, -0.15) is 9.78 Å². The number of hydrogen-bond donors (Lipinski definition) is 0. The highest BCUT2D eigenvalue weighted by atomic mass is 79.9. The van der Waals surface area contributed by atoms with Gasteiger partial charge in [-0.3, -0.25) is 4.79 Å². The Balaban J connectivity index is 2.15. The van der Waals surface area contributed by atoms with E-state index < -0.39 is 0 Å². The number of para-hydroxylation sites is 1. The highest BCUT2D eigenvalue weighted by Crippen LogP contribution is 2.31. The van der Waals surface area contributed by atoms with Crippen molar-refractivity contribution < 1.29 is 9.47 Å². The molecule has 1 atom stereocenters. The fraction of sp³-hybridized carbons (Fsp3) is 0.348. The van der Waals surface area contributed by atoms with Gasteiger partial charge < -0.3 is 9.47 Å². The Hall–Kier alpha value is -2.67. The topological polar surface area (TPSA) is 65.7 Å². The van der Waals surface area contributed by atoms with Crippen molar-refractivity contribution in [1.82, 2.24) is 9.66 Å². The second kappa shape index (κ2) is 9.43. The van der Waals surface area contributed by atoms with Crippen LogP contribution < -0.4 is 15.0 Å². The monoisotopic (exact) mass is 471 g/mol. The van der Waals surface area contributed by atoms with E-state index in [2.05, 4.69) is 32.9 Å². The molecule has 2 aromatic carbocycles. The molecular formula is C23H26BrN3O3. The zero-order valence-electron chi connectivity index (χ0n) is 17.8. The minimum atomic E-state index is -0.214. The van der Waals surface area contributed by atoms with Crippen LogP contribution in [0.4, 0.5) is 0 Å². The maximum atomic E-state index is 13.2. The highest BCUT2D eigenvalue weighted by Gasteiger charge is 2.15. The number of rotatable bonds is 7. The van der Waals surface area contributed by atoms with Crippen molar-refractivity contribution in [1.29, 1.82) is 0 Å². The van der Waals surface area contributed by atoms with E-state index in [9.17, 15) is 4.79 Å². The molecule has 0 fully saturated rings. The molecule has 3 aromatic rings. The molecule has 0 N–H and O–H groups in total. The van der Waals surface area contributed by atoms with Crippen LogP contribution in [0.15, 0.2) is 50.8 Å². The van der Waals surface area contributed by atoms with Gasteiger partial charge in [0.2, 0.25) is 0 Å². The summed E-state index contributed by atoms with van der Waals surface area (Å²) in [5.41, 5.74) is 1.17. The number of fused-ring (bicyclic) bond motifs is 1. The van der Waals surface area contributed by atoms with Gasteiger partial charge in [-0.05, 0) is 43.7 Å². The van der Waals surface area contributed by atoms with Crippen LogP contribution in [0.3, 0.4) is 0 Å². The maximum Gasteiger partial charge on any atom is 0.282 e. The van der Waals surface area contributed by atoms with Crippen molar-refractivity contribution in [3.05, 3.63) is 62.6 Å². The molecule has 3 rings (SSSR count). The van der Waals surface area contributed by atoms with Crippen LogP contribution >= 0.6 is 15.9 Å². The molecule has 0 unspecified atom stereocenters. The van der Waals surface area contributed by atoms with E-state index >= 15 is 0 Å². The standard InChI is InChI=1S/C23H26BrN3O3/c1-6-15(4)30-21-16(8-7-9-20(21)29-5)13-25-27-22(14(2)3)26-19-11-10-17(24)12-18(19)23(27)28/h7-15H,6H2,1-5H3/t15-/m1/s1. The first-order valence-corrected chi connectivity index (χ1v) is 10.7. The van der Waals surface area contributed by atoms with Crippen LogP contribution in [-0.2, 0) is 0 Å². The van der Waals surface area contributed by atoms with Gasteiger partial charge in [-0.15, -0.1) is 0 Å². The fourth-order valence-electron chi connectivity index (χ4n) is 2.98. The van der Waals surface area contributed by atoms with Crippen LogP contribution in [0, 0.1) is 0 Å². The van der Waals surface area contributed by atoms with Crippen molar-refractivity contribution in [3.8, 4) is 11.5 Å². The van der Waals surface area contributed by atoms with Crippen LogP contribution in [0.5, 0.6) is 11.5 Å². The summed E-state index contributed by atoms with van der Waals surface area (Å²) in [4.78, 5) is 17.9. The van der Waals surface area contributed by atoms with E-state index in [0.717, 1.165) is 16.5 Å². The molecule has 0 aliphatic rings. The zero-order chi connectivity index (χ0) is 21.8. The predicted molar refractivity (Wildman–Crippen MR) is 124 cm³/mol. The second-order valence-corrected chi connectivity index (χ2v) is 8.28. The van der Waals surface area contributed by atoms with Crippen molar-refractivity contribution in [2.45, 2.75) is 46.1 Å². The third-order valence-electron chi connectivity index (χ3n) is 4.79. The molecule has 30 heavy (non-hydrogen) atoms. The van der Waals surface area contributed by atoms with E-state index in [1.165, 1.54) is 4.68 Å². The van der Waals surface area contributed by atoms with E-state index in [4.69, 9.17) is 9.47 Å². The Morgan fingerprint density at radius 2 is 2.00 bits per heavy atom. The van der Waals surface area contributed by atoms with Crippen LogP contribution in [0.25, 0.3) is 10.9 Å². The smallest absolute Gasteiger partial charge is 0.282 e. The molecular weight excluding hydrogens is 446 g/mol. The van der Waals surface area contributed by atoms with E-state index in [0.29, 0.717) is 28.2 Å². The second-order valence-electron chi connectivity index (χ2n) is 7.36. The summed E-state index contributed by atoms with van der Waals surface area (Å²) in [6.07, 6.45) is 2.50. The summed E-state index contributed by atoms with van der Waals surface area (Å²) in [6, 6.07) is 11.1. The molecule has 0 amide bonds. The maximum absolute atomic E-state index is 13.2. The summed E-state index contributed by atoms with van der Waals surface area (Å²) < 4.78 is 13.7. The molecule has 0 aliphatic carbocycles. The number of methoxy groups -OCH3 is 1. The average Bonchev–Trinajstić information content (AvgIpc) is 2.73. The van der Waals surface area contributed by atoms with Crippen molar-refractivity contribution >= 4 is 33.0 Å². The van der Waals surface area contributed by atoms with Crippen molar-refractivity contribution in [2.24, 2.45) is 5.10 Å². The first kappa shape index (κ1) is 22.0. The Morgan fingerprint density at radius 3 is 2.67 bits per heavy atom. The van der Waals surface area contributed by atoms with Crippen molar-refractivity contribution in [2.75, 3.05) is 7.11 Å². The van der Waals surface area contributed by atoms with Gasteiger partial charge >= 0.3 is 0 Å². The van der Waals surface area contributed by atoms with Gasteiger partial charge in [0, 0.05) is 16.0 Å². The van der Waals surface area contributed by atoms with Gasteiger partial charge in [0.15, 0.2) is 11.5 Å². The van der Waals surface area contributed by atoms with Gasteiger partial charge in [0.1, 0.15) is 5.82 Å².